The lowest BCUT2D eigenvalue weighted by Crippen LogP contribution is -2.14. The fourth-order valence-electron chi connectivity index (χ4n) is 1.96. The number of ether oxygens (including phenoxy) is 2. The molecule has 0 aromatic heterocycles. The van der Waals surface area contributed by atoms with Gasteiger partial charge in [-0.25, -0.2) is 4.79 Å². The van der Waals surface area contributed by atoms with E-state index in [1.54, 1.807) is 6.07 Å². The highest BCUT2D eigenvalue weighted by atomic mass is 79.9. The number of hydrogen-bond acceptors (Lipinski definition) is 4. The van der Waals surface area contributed by atoms with Crippen LogP contribution in [0.3, 0.4) is 0 Å². The van der Waals surface area contributed by atoms with Gasteiger partial charge in [0.15, 0.2) is 0 Å². The number of carbonyl (C=O) groups is 1. The normalized spacial score (nSPS) is 10.4. The van der Waals surface area contributed by atoms with E-state index in [1.807, 2.05) is 50.2 Å². The Kier molecular flexibility index (Phi) is 5.44. The summed E-state index contributed by atoms with van der Waals surface area (Å²) in [6.45, 7) is 4.01. The molecule has 0 aliphatic rings. The highest BCUT2D eigenvalue weighted by Gasteiger charge is 2.14. The van der Waals surface area contributed by atoms with Crippen molar-refractivity contribution >= 4 is 27.6 Å². The van der Waals surface area contributed by atoms with Gasteiger partial charge in [0.1, 0.15) is 11.5 Å². The fourth-order valence-corrected chi connectivity index (χ4v) is 2.32. The number of hydrogen-bond donors (Lipinski definition) is 1. The number of para-hydroxylation sites is 1. The summed E-state index contributed by atoms with van der Waals surface area (Å²) < 4.78 is 11.5. The van der Waals surface area contributed by atoms with Crippen LogP contribution in [0.4, 0.5) is 5.69 Å². The standard InChI is InChI=1S/C17H18BrNO3/c1-11(2)19-15-9-8-12(10-13(15)17(20)21-3)22-16-7-5-4-6-14(16)18/h4-11,19H,1-3H3. The molecule has 0 bridgehead atoms. The molecule has 22 heavy (non-hydrogen) atoms. The Balaban J connectivity index is 2.34. The highest BCUT2D eigenvalue weighted by molar-refractivity contribution is 9.10. The van der Waals surface area contributed by atoms with Crippen molar-refractivity contribution in [2.75, 3.05) is 12.4 Å². The molecule has 0 aliphatic carbocycles. The predicted molar refractivity (Wildman–Crippen MR) is 90.8 cm³/mol. The molecule has 2 rings (SSSR count). The first-order chi connectivity index (χ1) is 10.5. The molecule has 0 heterocycles. The SMILES string of the molecule is COC(=O)c1cc(Oc2ccccc2Br)ccc1NC(C)C. The highest BCUT2D eigenvalue weighted by Crippen LogP contribution is 2.31. The molecule has 0 unspecified atom stereocenters. The summed E-state index contributed by atoms with van der Waals surface area (Å²) in [5, 5.41) is 3.23. The lowest BCUT2D eigenvalue weighted by molar-refractivity contribution is 0.0601. The first-order valence-corrected chi connectivity index (χ1v) is 7.72. The summed E-state index contributed by atoms with van der Waals surface area (Å²) in [6, 6.07) is 13.1. The lowest BCUT2D eigenvalue weighted by atomic mass is 10.1. The largest absolute Gasteiger partial charge is 0.465 e. The quantitative estimate of drug-likeness (QED) is 0.771. The lowest BCUT2D eigenvalue weighted by Gasteiger charge is -2.15. The fraction of sp³-hybridized carbons (Fsp3) is 0.235. The Bertz CT molecular complexity index is 671. The van der Waals surface area contributed by atoms with Gasteiger partial charge < -0.3 is 14.8 Å². The van der Waals surface area contributed by atoms with Crippen LogP contribution >= 0.6 is 15.9 Å². The van der Waals surface area contributed by atoms with Gasteiger partial charge in [-0.1, -0.05) is 12.1 Å². The van der Waals surface area contributed by atoms with Crippen molar-refractivity contribution in [1.29, 1.82) is 0 Å². The first-order valence-electron chi connectivity index (χ1n) is 6.92. The Morgan fingerprint density at radius 1 is 1.18 bits per heavy atom. The average Bonchev–Trinajstić information content (AvgIpc) is 2.49. The molecule has 0 radical (unpaired) electrons. The molecule has 2 aromatic rings. The van der Waals surface area contributed by atoms with Crippen molar-refractivity contribution in [2.24, 2.45) is 0 Å². The van der Waals surface area contributed by atoms with Gasteiger partial charge in [-0.15, -0.1) is 0 Å². The van der Waals surface area contributed by atoms with Crippen molar-refractivity contribution in [3.63, 3.8) is 0 Å². The van der Waals surface area contributed by atoms with Gasteiger partial charge in [0, 0.05) is 11.7 Å². The van der Waals surface area contributed by atoms with Crippen molar-refractivity contribution < 1.29 is 14.3 Å². The van der Waals surface area contributed by atoms with Gasteiger partial charge in [-0.3, -0.25) is 0 Å². The van der Waals surface area contributed by atoms with E-state index >= 15 is 0 Å². The third-order valence-electron chi connectivity index (χ3n) is 2.90. The van der Waals surface area contributed by atoms with Crippen LogP contribution in [-0.2, 0) is 4.74 Å². The Morgan fingerprint density at radius 2 is 1.91 bits per heavy atom. The Morgan fingerprint density at radius 3 is 2.55 bits per heavy atom. The van der Waals surface area contributed by atoms with E-state index in [1.165, 1.54) is 7.11 Å². The van der Waals surface area contributed by atoms with Crippen molar-refractivity contribution in [3.05, 3.63) is 52.5 Å². The van der Waals surface area contributed by atoms with Crippen LogP contribution in [0.1, 0.15) is 24.2 Å². The van der Waals surface area contributed by atoms with Crippen LogP contribution in [0.15, 0.2) is 46.9 Å². The first kappa shape index (κ1) is 16.4. The molecule has 0 amide bonds. The smallest absolute Gasteiger partial charge is 0.340 e. The number of carbonyl (C=O) groups excluding carboxylic acids is 1. The maximum absolute atomic E-state index is 12.0. The zero-order chi connectivity index (χ0) is 16.1. The molecule has 2 aromatic carbocycles. The van der Waals surface area contributed by atoms with Gasteiger partial charge in [0.05, 0.1) is 17.1 Å². The molecular formula is C17H18BrNO3. The second-order valence-electron chi connectivity index (χ2n) is 5.03. The number of rotatable bonds is 5. The minimum atomic E-state index is -0.402. The minimum Gasteiger partial charge on any atom is -0.465 e. The van der Waals surface area contributed by atoms with Gasteiger partial charge in [-0.2, -0.15) is 0 Å². The summed E-state index contributed by atoms with van der Waals surface area (Å²) in [5.41, 5.74) is 1.17. The molecule has 0 saturated heterocycles. The monoisotopic (exact) mass is 363 g/mol. The molecule has 5 heteroatoms. The summed E-state index contributed by atoms with van der Waals surface area (Å²) in [4.78, 5) is 12.0. The number of halogens is 1. The predicted octanol–water partition coefficient (Wildman–Crippen LogP) is 4.85. The number of esters is 1. The van der Waals surface area contributed by atoms with E-state index < -0.39 is 5.97 Å². The molecule has 0 saturated carbocycles. The van der Waals surface area contributed by atoms with Crippen LogP contribution in [0.5, 0.6) is 11.5 Å². The number of anilines is 1. The maximum atomic E-state index is 12.0. The van der Waals surface area contributed by atoms with Crippen LogP contribution in [0, 0.1) is 0 Å². The molecule has 1 N–H and O–H groups in total. The third kappa shape index (κ3) is 4.01. The molecular weight excluding hydrogens is 346 g/mol. The number of benzene rings is 2. The summed E-state index contributed by atoms with van der Waals surface area (Å²) in [6.07, 6.45) is 0. The molecule has 0 spiro atoms. The number of nitrogens with one attached hydrogen (secondary N) is 1. The van der Waals surface area contributed by atoms with Crippen molar-refractivity contribution in [1.82, 2.24) is 0 Å². The van der Waals surface area contributed by atoms with Crippen LogP contribution in [-0.4, -0.2) is 19.1 Å². The molecule has 116 valence electrons. The molecule has 0 fully saturated rings. The molecule has 0 aliphatic heterocycles. The summed E-state index contributed by atoms with van der Waals surface area (Å²) in [5.74, 6) is 0.852. The summed E-state index contributed by atoms with van der Waals surface area (Å²) >= 11 is 3.43. The minimum absolute atomic E-state index is 0.207. The van der Waals surface area contributed by atoms with E-state index in [0.29, 0.717) is 17.1 Å². The van der Waals surface area contributed by atoms with Crippen LogP contribution in [0.25, 0.3) is 0 Å². The zero-order valence-corrected chi connectivity index (χ0v) is 14.3. The van der Waals surface area contributed by atoms with Gasteiger partial charge in [0.25, 0.3) is 0 Å². The van der Waals surface area contributed by atoms with E-state index in [2.05, 4.69) is 21.2 Å². The second-order valence-corrected chi connectivity index (χ2v) is 5.88. The Hall–Kier alpha value is -2.01. The van der Waals surface area contributed by atoms with E-state index in [0.717, 1.165) is 10.2 Å². The van der Waals surface area contributed by atoms with Crippen molar-refractivity contribution in [3.8, 4) is 11.5 Å². The zero-order valence-electron chi connectivity index (χ0n) is 12.7. The van der Waals surface area contributed by atoms with Gasteiger partial charge >= 0.3 is 5.97 Å². The Labute approximate surface area is 138 Å². The van der Waals surface area contributed by atoms with Gasteiger partial charge in [-0.05, 0) is 60.1 Å². The average molecular weight is 364 g/mol. The summed E-state index contributed by atoms with van der Waals surface area (Å²) in [7, 11) is 1.36. The van der Waals surface area contributed by atoms with Crippen molar-refractivity contribution in [2.45, 2.75) is 19.9 Å². The van der Waals surface area contributed by atoms with Gasteiger partial charge in [0.2, 0.25) is 0 Å². The second kappa shape index (κ2) is 7.31. The van der Waals surface area contributed by atoms with E-state index in [9.17, 15) is 4.79 Å². The molecule has 0 atom stereocenters. The number of methoxy groups -OCH3 is 1. The molecule has 4 nitrogen and oxygen atoms in total. The maximum Gasteiger partial charge on any atom is 0.340 e. The van der Waals surface area contributed by atoms with Crippen LogP contribution < -0.4 is 10.1 Å². The topological polar surface area (TPSA) is 47.6 Å². The van der Waals surface area contributed by atoms with E-state index in [4.69, 9.17) is 9.47 Å². The van der Waals surface area contributed by atoms with Crippen LogP contribution in [0.2, 0.25) is 0 Å². The van der Waals surface area contributed by atoms with E-state index in [-0.39, 0.29) is 6.04 Å². The third-order valence-corrected chi connectivity index (χ3v) is 3.56.